The summed E-state index contributed by atoms with van der Waals surface area (Å²) in [7, 11) is 0. The molecule has 1 heterocycles. The van der Waals surface area contributed by atoms with Crippen LogP contribution in [0, 0.1) is 11.3 Å². The first-order valence-electron chi connectivity index (χ1n) is 8.82. The largest absolute Gasteiger partial charge is 0.377 e. The number of nitrogens with one attached hydrogen (secondary N) is 2. The van der Waals surface area contributed by atoms with Crippen LogP contribution in [0.5, 0.6) is 0 Å². The standard InChI is InChI=1S/C18H33N3O.HI/c1-5-19-17(21-15-10-6-7-11-15)20-13-14-9-8-12-22-16(14)18(2,3)4;/h6-7,14-16H,5,8-13H2,1-4H3,(H2,19,20,21);1H. The number of ether oxygens (including phenoxy) is 1. The normalized spacial score (nSPS) is 26.0. The van der Waals surface area contributed by atoms with Crippen molar-refractivity contribution in [2.45, 2.75) is 65.5 Å². The van der Waals surface area contributed by atoms with Gasteiger partial charge in [-0.15, -0.1) is 24.0 Å². The molecule has 0 amide bonds. The van der Waals surface area contributed by atoms with Crippen LogP contribution >= 0.6 is 24.0 Å². The Bertz CT molecular complexity index is 396. The van der Waals surface area contributed by atoms with Crippen molar-refractivity contribution in [3.63, 3.8) is 0 Å². The lowest BCUT2D eigenvalue weighted by atomic mass is 9.78. The summed E-state index contributed by atoms with van der Waals surface area (Å²) in [5.41, 5.74) is 0.182. The molecule has 2 aliphatic rings. The Hall–Kier alpha value is -0.300. The Morgan fingerprint density at radius 3 is 2.57 bits per heavy atom. The lowest BCUT2D eigenvalue weighted by Gasteiger charge is -2.39. The van der Waals surface area contributed by atoms with Gasteiger partial charge in [-0.25, -0.2) is 0 Å². The average molecular weight is 435 g/mol. The molecule has 0 spiro atoms. The molecule has 0 bridgehead atoms. The predicted octanol–water partition coefficient (Wildman–Crippen LogP) is 3.72. The van der Waals surface area contributed by atoms with Crippen molar-refractivity contribution in [3.8, 4) is 0 Å². The predicted molar refractivity (Wildman–Crippen MR) is 109 cm³/mol. The third kappa shape index (κ3) is 6.61. The van der Waals surface area contributed by atoms with Gasteiger partial charge < -0.3 is 15.4 Å². The molecule has 134 valence electrons. The molecular formula is C18H34IN3O. The van der Waals surface area contributed by atoms with Crippen LogP contribution in [0.15, 0.2) is 17.1 Å². The van der Waals surface area contributed by atoms with Crippen molar-refractivity contribution in [2.24, 2.45) is 16.3 Å². The Morgan fingerprint density at radius 2 is 1.96 bits per heavy atom. The lowest BCUT2D eigenvalue weighted by molar-refractivity contribution is -0.0823. The van der Waals surface area contributed by atoms with Crippen molar-refractivity contribution < 1.29 is 4.74 Å². The van der Waals surface area contributed by atoms with Crippen molar-refractivity contribution in [1.29, 1.82) is 0 Å². The molecule has 1 saturated heterocycles. The maximum Gasteiger partial charge on any atom is 0.191 e. The monoisotopic (exact) mass is 435 g/mol. The highest BCUT2D eigenvalue weighted by atomic mass is 127. The summed E-state index contributed by atoms with van der Waals surface area (Å²) >= 11 is 0. The molecule has 23 heavy (non-hydrogen) atoms. The van der Waals surface area contributed by atoms with Gasteiger partial charge in [-0.05, 0) is 38.0 Å². The summed E-state index contributed by atoms with van der Waals surface area (Å²) in [5, 5.41) is 6.92. The van der Waals surface area contributed by atoms with Crippen LogP contribution in [0.25, 0.3) is 0 Å². The molecule has 2 atom stereocenters. The first kappa shape index (κ1) is 20.7. The molecule has 5 heteroatoms. The van der Waals surface area contributed by atoms with Gasteiger partial charge in [-0.1, -0.05) is 32.9 Å². The zero-order chi connectivity index (χ0) is 16.0. The number of halogens is 1. The van der Waals surface area contributed by atoms with Gasteiger partial charge in [0.1, 0.15) is 0 Å². The molecular weight excluding hydrogens is 401 g/mol. The summed E-state index contributed by atoms with van der Waals surface area (Å²) in [4.78, 5) is 4.85. The summed E-state index contributed by atoms with van der Waals surface area (Å²) in [6.45, 7) is 11.6. The van der Waals surface area contributed by atoms with Crippen molar-refractivity contribution in [1.82, 2.24) is 10.6 Å². The molecule has 0 aromatic carbocycles. The van der Waals surface area contributed by atoms with Gasteiger partial charge in [0.15, 0.2) is 5.96 Å². The van der Waals surface area contributed by atoms with Gasteiger partial charge in [0, 0.05) is 31.7 Å². The van der Waals surface area contributed by atoms with Crippen LogP contribution in [0.1, 0.15) is 53.4 Å². The van der Waals surface area contributed by atoms with E-state index in [1.165, 1.54) is 6.42 Å². The molecule has 1 aliphatic carbocycles. The van der Waals surface area contributed by atoms with Gasteiger partial charge in [0.25, 0.3) is 0 Å². The van der Waals surface area contributed by atoms with Crippen LogP contribution < -0.4 is 10.6 Å². The van der Waals surface area contributed by atoms with Gasteiger partial charge in [-0.2, -0.15) is 0 Å². The SMILES string of the molecule is CCNC(=NCC1CCCOC1C(C)(C)C)NC1CC=CC1.I. The summed E-state index contributed by atoms with van der Waals surface area (Å²) < 4.78 is 6.06. The van der Waals surface area contributed by atoms with Crippen LogP contribution in [-0.4, -0.2) is 37.8 Å². The topological polar surface area (TPSA) is 45.7 Å². The Balaban J connectivity index is 0.00000264. The highest BCUT2D eigenvalue weighted by Gasteiger charge is 2.35. The number of rotatable bonds is 4. The molecule has 0 saturated carbocycles. The van der Waals surface area contributed by atoms with Crippen LogP contribution in [-0.2, 0) is 4.74 Å². The first-order chi connectivity index (χ1) is 10.5. The number of hydrogen-bond donors (Lipinski definition) is 2. The van der Waals surface area contributed by atoms with Gasteiger partial charge >= 0.3 is 0 Å². The Kier molecular flexibility index (Phi) is 8.90. The zero-order valence-corrected chi connectivity index (χ0v) is 17.4. The molecule has 1 fully saturated rings. The van der Waals surface area contributed by atoms with E-state index in [0.29, 0.717) is 18.1 Å². The molecule has 1 aliphatic heterocycles. The molecule has 0 aromatic heterocycles. The third-order valence-electron chi connectivity index (χ3n) is 4.48. The molecule has 2 unspecified atom stereocenters. The summed E-state index contributed by atoms with van der Waals surface area (Å²) in [6.07, 6.45) is 9.36. The van der Waals surface area contributed by atoms with E-state index in [2.05, 4.69) is 50.5 Å². The quantitative estimate of drug-likeness (QED) is 0.306. The summed E-state index contributed by atoms with van der Waals surface area (Å²) in [5.74, 6) is 1.47. The van der Waals surface area contributed by atoms with E-state index in [4.69, 9.17) is 9.73 Å². The zero-order valence-electron chi connectivity index (χ0n) is 15.1. The van der Waals surface area contributed by atoms with Gasteiger partial charge in [0.05, 0.1) is 6.10 Å². The van der Waals surface area contributed by atoms with E-state index in [1.54, 1.807) is 0 Å². The number of hydrogen-bond acceptors (Lipinski definition) is 2. The van der Waals surface area contributed by atoms with E-state index in [9.17, 15) is 0 Å². The lowest BCUT2D eigenvalue weighted by Crippen LogP contribution is -2.44. The number of guanidine groups is 1. The van der Waals surface area contributed by atoms with Crippen LogP contribution in [0.2, 0.25) is 0 Å². The average Bonchev–Trinajstić information content (AvgIpc) is 2.97. The minimum absolute atomic E-state index is 0. The molecule has 0 aromatic rings. The van der Waals surface area contributed by atoms with E-state index in [1.807, 2.05) is 0 Å². The van der Waals surface area contributed by atoms with Crippen LogP contribution in [0.3, 0.4) is 0 Å². The van der Waals surface area contributed by atoms with Crippen LogP contribution in [0.4, 0.5) is 0 Å². The smallest absolute Gasteiger partial charge is 0.191 e. The van der Waals surface area contributed by atoms with Gasteiger partial charge in [0.2, 0.25) is 0 Å². The number of nitrogens with zero attached hydrogens (tertiary/aromatic N) is 1. The minimum Gasteiger partial charge on any atom is -0.377 e. The fraction of sp³-hybridized carbons (Fsp3) is 0.833. The molecule has 4 nitrogen and oxygen atoms in total. The third-order valence-corrected chi connectivity index (χ3v) is 4.48. The fourth-order valence-electron chi connectivity index (χ4n) is 3.44. The second-order valence-corrected chi connectivity index (χ2v) is 7.56. The molecule has 2 N–H and O–H groups in total. The fourth-order valence-corrected chi connectivity index (χ4v) is 3.44. The highest BCUT2D eigenvalue weighted by molar-refractivity contribution is 14.0. The Labute approximate surface area is 158 Å². The maximum absolute atomic E-state index is 6.06. The molecule has 2 rings (SSSR count). The minimum atomic E-state index is 0. The van der Waals surface area contributed by atoms with E-state index in [-0.39, 0.29) is 29.4 Å². The maximum atomic E-state index is 6.06. The second kappa shape index (κ2) is 9.87. The molecule has 0 radical (unpaired) electrons. The van der Waals surface area contributed by atoms with E-state index >= 15 is 0 Å². The van der Waals surface area contributed by atoms with Gasteiger partial charge in [-0.3, -0.25) is 4.99 Å². The van der Waals surface area contributed by atoms with E-state index in [0.717, 1.165) is 44.9 Å². The Morgan fingerprint density at radius 1 is 1.26 bits per heavy atom. The van der Waals surface area contributed by atoms with Crippen molar-refractivity contribution in [3.05, 3.63) is 12.2 Å². The van der Waals surface area contributed by atoms with E-state index < -0.39 is 0 Å². The second-order valence-electron chi connectivity index (χ2n) is 7.56. The highest BCUT2D eigenvalue weighted by Crippen LogP contribution is 2.34. The first-order valence-corrected chi connectivity index (χ1v) is 8.82. The number of aliphatic imine (C=N–C) groups is 1. The van der Waals surface area contributed by atoms with Crippen molar-refractivity contribution in [2.75, 3.05) is 19.7 Å². The van der Waals surface area contributed by atoms with Crippen molar-refractivity contribution >= 4 is 29.9 Å². The summed E-state index contributed by atoms with van der Waals surface area (Å²) in [6, 6.07) is 0.499.